The van der Waals surface area contributed by atoms with Crippen molar-refractivity contribution >= 4 is 0 Å². The second-order valence-corrected chi connectivity index (χ2v) is 12.1. The molecular formula is C36H72O. The van der Waals surface area contributed by atoms with Gasteiger partial charge >= 0.3 is 0 Å². The molecule has 0 saturated heterocycles. The lowest BCUT2D eigenvalue weighted by Crippen LogP contribution is -1.88. The van der Waals surface area contributed by atoms with Gasteiger partial charge in [0.05, 0.1) is 0 Å². The maximum Gasteiger partial charge on any atom is 0.0431 e. The van der Waals surface area contributed by atoms with Gasteiger partial charge in [-0.15, -0.1) is 0 Å². The third-order valence-electron chi connectivity index (χ3n) is 8.42. The Morgan fingerprint density at radius 3 is 0.865 bits per heavy atom. The molecule has 0 spiro atoms. The molecule has 0 atom stereocenters. The molecule has 0 aliphatic rings. The van der Waals surface area contributed by atoms with Crippen LogP contribution in [-0.2, 0) is 0 Å². The van der Waals surface area contributed by atoms with Crippen molar-refractivity contribution in [1.29, 1.82) is 0 Å². The molecule has 0 rings (SSSR count). The number of hydrogen-bond acceptors (Lipinski definition) is 1. The minimum absolute atomic E-state index is 0.371. The average Bonchev–Trinajstić information content (AvgIpc) is 2.91. The van der Waals surface area contributed by atoms with E-state index in [1.807, 2.05) is 0 Å². The van der Waals surface area contributed by atoms with Crippen LogP contribution in [0.25, 0.3) is 0 Å². The molecular weight excluding hydrogens is 448 g/mol. The van der Waals surface area contributed by atoms with Gasteiger partial charge in [-0.05, 0) is 39.0 Å². The predicted octanol–water partition coefficient (Wildman–Crippen LogP) is 13.0. The molecule has 1 heteroatoms. The van der Waals surface area contributed by atoms with E-state index in [0.717, 1.165) is 6.42 Å². The highest BCUT2D eigenvalue weighted by atomic mass is 16.2. The summed E-state index contributed by atoms with van der Waals surface area (Å²) in [5, 5.41) is 8.79. The van der Waals surface area contributed by atoms with Crippen molar-refractivity contribution in [3.63, 3.8) is 0 Å². The third-order valence-corrected chi connectivity index (χ3v) is 8.42. The fourth-order valence-electron chi connectivity index (χ4n) is 5.72. The topological polar surface area (TPSA) is 20.2 Å². The summed E-state index contributed by atoms with van der Waals surface area (Å²) in [7, 11) is 0. The van der Waals surface area contributed by atoms with E-state index in [-0.39, 0.29) is 0 Å². The molecule has 0 unspecified atom stereocenters. The average molecular weight is 521 g/mol. The highest BCUT2D eigenvalue weighted by Gasteiger charge is 2.00. The molecule has 0 aliphatic heterocycles. The molecule has 222 valence electrons. The molecule has 0 radical (unpaired) electrons. The van der Waals surface area contributed by atoms with Crippen molar-refractivity contribution < 1.29 is 5.11 Å². The van der Waals surface area contributed by atoms with Crippen molar-refractivity contribution in [2.24, 2.45) is 0 Å². The Kier molecular flexibility index (Phi) is 33.5. The first-order valence-corrected chi connectivity index (χ1v) is 17.6. The van der Waals surface area contributed by atoms with Crippen LogP contribution in [0.15, 0.2) is 11.6 Å². The minimum Gasteiger partial charge on any atom is -0.396 e. The lowest BCUT2D eigenvalue weighted by molar-refractivity contribution is 0.282. The molecule has 0 aliphatic carbocycles. The van der Waals surface area contributed by atoms with Crippen LogP contribution >= 0.6 is 0 Å². The van der Waals surface area contributed by atoms with Crippen LogP contribution in [-0.4, -0.2) is 11.7 Å². The van der Waals surface area contributed by atoms with Gasteiger partial charge in [0.15, 0.2) is 0 Å². The molecule has 0 aromatic rings. The van der Waals surface area contributed by atoms with E-state index in [1.165, 1.54) is 193 Å². The molecule has 0 saturated carbocycles. The molecule has 0 amide bonds. The summed E-state index contributed by atoms with van der Waals surface area (Å²) in [4.78, 5) is 0. The highest BCUT2D eigenvalue weighted by Crippen LogP contribution is 2.19. The third kappa shape index (κ3) is 31.8. The van der Waals surface area contributed by atoms with Gasteiger partial charge in [0, 0.05) is 6.61 Å². The van der Waals surface area contributed by atoms with Crippen LogP contribution < -0.4 is 0 Å². The summed E-state index contributed by atoms with van der Waals surface area (Å²) in [6.45, 7) is 4.94. The highest BCUT2D eigenvalue weighted by molar-refractivity contribution is 4.99. The molecule has 1 N–H and O–H groups in total. The number of rotatable bonds is 32. The molecule has 1 nitrogen and oxygen atoms in total. The zero-order valence-electron chi connectivity index (χ0n) is 26.2. The Bertz CT molecular complexity index is 426. The summed E-state index contributed by atoms with van der Waals surface area (Å²) < 4.78 is 0. The summed E-state index contributed by atoms with van der Waals surface area (Å²) in [6.07, 6.45) is 46.2. The second-order valence-electron chi connectivity index (χ2n) is 12.1. The molecule has 0 bridgehead atoms. The molecule has 0 aromatic carbocycles. The molecule has 0 aromatic heterocycles. The number of aliphatic hydroxyl groups excluding tert-OH is 1. The fraction of sp³-hybridized carbons (Fsp3) is 0.944. The number of allylic oxidation sites excluding steroid dienone is 2. The first-order chi connectivity index (χ1) is 18.3. The normalized spacial score (nSPS) is 12.0. The van der Waals surface area contributed by atoms with Crippen LogP contribution in [0.2, 0.25) is 0 Å². The number of aliphatic hydroxyl groups is 1. The molecule has 37 heavy (non-hydrogen) atoms. The van der Waals surface area contributed by atoms with E-state index in [1.54, 1.807) is 5.57 Å². The predicted molar refractivity (Wildman–Crippen MR) is 170 cm³/mol. The monoisotopic (exact) mass is 521 g/mol. The van der Waals surface area contributed by atoms with Gasteiger partial charge in [0.2, 0.25) is 0 Å². The van der Waals surface area contributed by atoms with Crippen LogP contribution in [0.4, 0.5) is 0 Å². The van der Waals surface area contributed by atoms with Crippen LogP contribution in [0, 0.1) is 0 Å². The fourth-order valence-corrected chi connectivity index (χ4v) is 5.72. The molecule has 0 fully saturated rings. The summed E-state index contributed by atoms with van der Waals surface area (Å²) >= 11 is 0. The summed E-state index contributed by atoms with van der Waals surface area (Å²) in [6, 6.07) is 0. The zero-order chi connectivity index (χ0) is 26.9. The van der Waals surface area contributed by atoms with E-state index < -0.39 is 0 Å². The van der Waals surface area contributed by atoms with Crippen molar-refractivity contribution in [1.82, 2.24) is 0 Å². The van der Waals surface area contributed by atoms with Crippen LogP contribution in [0.5, 0.6) is 0 Å². The van der Waals surface area contributed by atoms with Gasteiger partial charge in [-0.25, -0.2) is 0 Å². The Labute approximate surface area is 236 Å². The molecule has 0 heterocycles. The maximum atomic E-state index is 8.79. The van der Waals surface area contributed by atoms with Gasteiger partial charge in [-0.1, -0.05) is 186 Å². The van der Waals surface area contributed by atoms with Crippen molar-refractivity contribution in [3.05, 3.63) is 11.6 Å². The lowest BCUT2D eigenvalue weighted by atomic mass is 9.99. The first-order valence-electron chi connectivity index (χ1n) is 17.6. The maximum absolute atomic E-state index is 8.79. The van der Waals surface area contributed by atoms with E-state index in [9.17, 15) is 0 Å². The Morgan fingerprint density at radius 2 is 0.622 bits per heavy atom. The van der Waals surface area contributed by atoms with E-state index in [2.05, 4.69) is 19.9 Å². The second kappa shape index (κ2) is 33.7. The van der Waals surface area contributed by atoms with Crippen LogP contribution in [0.1, 0.15) is 213 Å². The largest absolute Gasteiger partial charge is 0.396 e. The van der Waals surface area contributed by atoms with Gasteiger partial charge in [0.1, 0.15) is 0 Å². The van der Waals surface area contributed by atoms with Crippen molar-refractivity contribution in [2.45, 2.75) is 213 Å². The van der Waals surface area contributed by atoms with Gasteiger partial charge in [0.25, 0.3) is 0 Å². The Hall–Kier alpha value is -0.300. The van der Waals surface area contributed by atoms with E-state index in [4.69, 9.17) is 5.11 Å². The van der Waals surface area contributed by atoms with Crippen molar-refractivity contribution in [3.8, 4) is 0 Å². The Balaban J connectivity index is 3.27. The van der Waals surface area contributed by atoms with Crippen molar-refractivity contribution in [2.75, 3.05) is 6.61 Å². The smallest absolute Gasteiger partial charge is 0.0431 e. The van der Waals surface area contributed by atoms with Crippen LogP contribution in [0.3, 0.4) is 0 Å². The number of unbranched alkanes of at least 4 members (excludes halogenated alkanes) is 27. The Morgan fingerprint density at radius 1 is 0.378 bits per heavy atom. The van der Waals surface area contributed by atoms with Gasteiger partial charge in [-0.2, -0.15) is 0 Å². The summed E-state index contributed by atoms with van der Waals surface area (Å²) in [5.74, 6) is 0. The number of hydrogen-bond donors (Lipinski definition) is 1. The van der Waals surface area contributed by atoms with Gasteiger partial charge in [-0.3, -0.25) is 0 Å². The first kappa shape index (κ1) is 36.7. The quantitative estimate of drug-likeness (QED) is 0.0690. The van der Waals surface area contributed by atoms with Gasteiger partial charge < -0.3 is 5.11 Å². The standard InChI is InChI=1S/C36H72O/c1-3-5-6-7-8-9-10-11-15-18-21-24-27-30-33-36(4-2)34-31-28-25-22-19-16-13-12-14-17-20-23-26-29-32-35-37/h4,37H,3,5-35H2,1-2H3. The summed E-state index contributed by atoms with van der Waals surface area (Å²) in [5.41, 5.74) is 1.73. The minimum atomic E-state index is 0.371. The SMILES string of the molecule is CC=C(CCCCCCCCCCCCCCCC)CCCCCCCCCCCCCCCCCO. The van der Waals surface area contributed by atoms with E-state index in [0.29, 0.717) is 6.61 Å². The zero-order valence-corrected chi connectivity index (χ0v) is 26.2. The van der Waals surface area contributed by atoms with E-state index >= 15 is 0 Å². The lowest BCUT2D eigenvalue weighted by Gasteiger charge is -2.08.